The summed E-state index contributed by atoms with van der Waals surface area (Å²) in [5, 5.41) is 17.9. The zero-order valence-corrected chi connectivity index (χ0v) is 10.6. The second kappa shape index (κ2) is 3.62. The van der Waals surface area contributed by atoms with Crippen LogP contribution >= 0.6 is 0 Å². The number of nitrogens with zero attached hydrogens (tertiary/aromatic N) is 2. The number of azo groups is 1. The number of hydrogen-bond acceptors (Lipinski definition) is 4. The SMILES string of the molecule is CC1(C)N=N[C@@](OO)(c2ccccc2)C1(C)C. The predicted octanol–water partition coefficient (Wildman–Crippen LogP) is 3.60. The van der Waals surface area contributed by atoms with E-state index < -0.39 is 16.7 Å². The van der Waals surface area contributed by atoms with Crippen molar-refractivity contribution >= 4 is 0 Å². The molecule has 0 aliphatic carbocycles. The monoisotopic (exact) mass is 234 g/mol. The lowest BCUT2D eigenvalue weighted by atomic mass is 9.67. The Morgan fingerprint density at radius 3 is 2.00 bits per heavy atom. The summed E-state index contributed by atoms with van der Waals surface area (Å²) in [6.45, 7) is 7.97. The lowest BCUT2D eigenvalue weighted by Crippen LogP contribution is -2.49. The second-order valence-electron chi connectivity index (χ2n) is 5.49. The molecule has 92 valence electrons. The molecule has 0 saturated carbocycles. The lowest BCUT2D eigenvalue weighted by molar-refractivity contribution is -0.355. The maximum Gasteiger partial charge on any atom is 0.244 e. The van der Waals surface area contributed by atoms with Gasteiger partial charge >= 0.3 is 0 Å². The van der Waals surface area contributed by atoms with Gasteiger partial charge in [-0.2, -0.15) is 5.11 Å². The first-order chi connectivity index (χ1) is 7.87. The fourth-order valence-electron chi connectivity index (χ4n) is 2.13. The third kappa shape index (κ3) is 1.44. The molecule has 1 N–H and O–H groups in total. The zero-order chi connectivity index (χ0) is 12.7. The third-order valence-electron chi connectivity index (χ3n) is 4.11. The van der Waals surface area contributed by atoms with Crippen LogP contribution in [0.1, 0.15) is 33.3 Å². The fourth-order valence-corrected chi connectivity index (χ4v) is 2.13. The Morgan fingerprint density at radius 1 is 1.00 bits per heavy atom. The number of benzene rings is 1. The Bertz CT molecular complexity index is 440. The Hall–Kier alpha value is -1.26. The molecule has 0 unspecified atom stereocenters. The molecule has 4 heteroatoms. The molecule has 1 aliphatic heterocycles. The number of hydrogen-bond donors (Lipinski definition) is 1. The van der Waals surface area contributed by atoms with Gasteiger partial charge in [-0.05, 0) is 13.8 Å². The van der Waals surface area contributed by atoms with Crippen molar-refractivity contribution in [3.05, 3.63) is 35.9 Å². The van der Waals surface area contributed by atoms with Crippen molar-refractivity contribution in [2.75, 3.05) is 0 Å². The van der Waals surface area contributed by atoms with Crippen molar-refractivity contribution in [3.63, 3.8) is 0 Å². The zero-order valence-electron chi connectivity index (χ0n) is 10.6. The van der Waals surface area contributed by atoms with Crippen LogP contribution in [0.5, 0.6) is 0 Å². The summed E-state index contributed by atoms with van der Waals surface area (Å²) in [6.07, 6.45) is 0. The summed E-state index contributed by atoms with van der Waals surface area (Å²) >= 11 is 0. The molecule has 0 amide bonds. The van der Waals surface area contributed by atoms with Crippen LogP contribution in [0.4, 0.5) is 0 Å². The van der Waals surface area contributed by atoms with Crippen LogP contribution in [0, 0.1) is 5.41 Å². The van der Waals surface area contributed by atoms with Gasteiger partial charge in [0.05, 0.1) is 11.0 Å². The molecule has 0 bridgehead atoms. The summed E-state index contributed by atoms with van der Waals surface area (Å²) in [4.78, 5) is 4.78. The van der Waals surface area contributed by atoms with Gasteiger partial charge in [0.25, 0.3) is 0 Å². The average molecular weight is 234 g/mol. The van der Waals surface area contributed by atoms with Crippen LogP contribution < -0.4 is 0 Å². The lowest BCUT2D eigenvalue weighted by Gasteiger charge is -2.41. The quantitative estimate of drug-likeness (QED) is 0.628. The van der Waals surface area contributed by atoms with Crippen molar-refractivity contribution in [3.8, 4) is 0 Å². The van der Waals surface area contributed by atoms with E-state index in [4.69, 9.17) is 4.89 Å². The smallest absolute Gasteiger partial charge is 0.244 e. The molecule has 1 aromatic rings. The summed E-state index contributed by atoms with van der Waals surface area (Å²) in [6, 6.07) is 9.48. The minimum atomic E-state index is -1.13. The van der Waals surface area contributed by atoms with Crippen LogP contribution in [0.15, 0.2) is 40.6 Å². The molecule has 4 nitrogen and oxygen atoms in total. The van der Waals surface area contributed by atoms with Gasteiger partial charge in [-0.25, -0.2) is 10.1 Å². The topological polar surface area (TPSA) is 54.2 Å². The highest BCUT2D eigenvalue weighted by molar-refractivity contribution is 5.28. The van der Waals surface area contributed by atoms with Gasteiger partial charge in [-0.1, -0.05) is 44.2 Å². The van der Waals surface area contributed by atoms with E-state index in [9.17, 15) is 5.26 Å². The van der Waals surface area contributed by atoms with Crippen LogP contribution in [-0.2, 0) is 10.6 Å². The molecule has 1 atom stereocenters. The first-order valence-corrected chi connectivity index (χ1v) is 5.69. The normalized spacial score (nSPS) is 29.5. The van der Waals surface area contributed by atoms with Gasteiger partial charge in [0.15, 0.2) is 0 Å². The molecule has 1 aliphatic rings. The van der Waals surface area contributed by atoms with Gasteiger partial charge in [0.1, 0.15) is 0 Å². The molecule has 0 aromatic heterocycles. The molecular weight excluding hydrogens is 216 g/mol. The van der Waals surface area contributed by atoms with E-state index in [1.54, 1.807) is 0 Å². The van der Waals surface area contributed by atoms with Gasteiger partial charge in [-0.3, -0.25) is 0 Å². The maximum absolute atomic E-state index is 9.38. The van der Waals surface area contributed by atoms with E-state index >= 15 is 0 Å². The second-order valence-corrected chi connectivity index (χ2v) is 5.49. The minimum Gasteiger partial charge on any atom is -0.249 e. The van der Waals surface area contributed by atoms with Crippen LogP contribution in [0.3, 0.4) is 0 Å². The summed E-state index contributed by atoms with van der Waals surface area (Å²) < 4.78 is 0. The average Bonchev–Trinajstić information content (AvgIpc) is 2.49. The highest BCUT2D eigenvalue weighted by atomic mass is 17.1. The Labute approximate surface area is 101 Å². The Kier molecular flexibility index (Phi) is 2.60. The Morgan fingerprint density at radius 2 is 1.59 bits per heavy atom. The molecular formula is C13H18N2O2. The van der Waals surface area contributed by atoms with E-state index in [-0.39, 0.29) is 0 Å². The molecule has 0 radical (unpaired) electrons. The highest BCUT2D eigenvalue weighted by Gasteiger charge is 2.61. The van der Waals surface area contributed by atoms with Crippen molar-refractivity contribution in [2.24, 2.45) is 15.6 Å². The van der Waals surface area contributed by atoms with Gasteiger partial charge in [0.2, 0.25) is 5.72 Å². The van der Waals surface area contributed by atoms with E-state index in [0.717, 1.165) is 5.56 Å². The van der Waals surface area contributed by atoms with Gasteiger partial charge in [0, 0.05) is 5.56 Å². The summed E-state index contributed by atoms with van der Waals surface area (Å²) in [5.41, 5.74) is -1.17. The highest BCUT2D eigenvalue weighted by Crippen LogP contribution is 2.56. The molecule has 0 saturated heterocycles. The largest absolute Gasteiger partial charge is 0.249 e. The van der Waals surface area contributed by atoms with E-state index in [2.05, 4.69) is 10.2 Å². The minimum absolute atomic E-state index is 0.397. The molecule has 0 spiro atoms. The van der Waals surface area contributed by atoms with Crippen molar-refractivity contribution in [1.29, 1.82) is 0 Å². The first kappa shape index (κ1) is 12.2. The molecule has 17 heavy (non-hydrogen) atoms. The summed E-state index contributed by atoms with van der Waals surface area (Å²) in [5.74, 6) is 0. The molecule has 0 fully saturated rings. The standard InChI is InChI=1S/C13H18N2O2/c1-11(2)12(3,4)14-15-13(11,17-16)10-8-6-5-7-9-10/h5-9,16H,1-4H3/t13-/m1/s1. The van der Waals surface area contributed by atoms with E-state index in [1.165, 1.54) is 0 Å². The van der Waals surface area contributed by atoms with Crippen LogP contribution in [-0.4, -0.2) is 10.8 Å². The third-order valence-corrected chi connectivity index (χ3v) is 4.11. The molecule has 2 rings (SSSR count). The van der Waals surface area contributed by atoms with Crippen molar-refractivity contribution in [1.82, 2.24) is 0 Å². The predicted molar refractivity (Wildman–Crippen MR) is 64.5 cm³/mol. The maximum atomic E-state index is 9.38. The van der Waals surface area contributed by atoms with E-state index in [1.807, 2.05) is 58.0 Å². The molecule has 1 heterocycles. The number of rotatable bonds is 2. The van der Waals surface area contributed by atoms with Gasteiger partial charge in [-0.15, -0.1) is 5.11 Å². The summed E-state index contributed by atoms with van der Waals surface area (Å²) in [7, 11) is 0. The Balaban J connectivity index is 2.59. The van der Waals surface area contributed by atoms with Gasteiger partial charge < -0.3 is 0 Å². The van der Waals surface area contributed by atoms with Crippen LogP contribution in [0.2, 0.25) is 0 Å². The van der Waals surface area contributed by atoms with Crippen LogP contribution in [0.25, 0.3) is 0 Å². The van der Waals surface area contributed by atoms with E-state index in [0.29, 0.717) is 0 Å². The fraction of sp³-hybridized carbons (Fsp3) is 0.538. The molecule has 1 aromatic carbocycles. The van der Waals surface area contributed by atoms with Crippen molar-refractivity contribution < 1.29 is 10.1 Å². The van der Waals surface area contributed by atoms with Crippen molar-refractivity contribution in [2.45, 2.75) is 39.0 Å². The first-order valence-electron chi connectivity index (χ1n) is 5.69.